The Labute approximate surface area is 146 Å². The number of nitrogens with one attached hydrogen (secondary N) is 1. The minimum atomic E-state index is -0.426. The number of ether oxygens (including phenoxy) is 1. The van der Waals surface area contributed by atoms with Crippen molar-refractivity contribution in [1.82, 2.24) is 0 Å². The molecule has 0 atom stereocenters. The number of nitro benzene ring substituents is 1. The van der Waals surface area contributed by atoms with Crippen LogP contribution in [0.15, 0.2) is 42.5 Å². The zero-order chi connectivity index (χ0) is 18.4. The summed E-state index contributed by atoms with van der Waals surface area (Å²) < 4.78 is 5.12. The first kappa shape index (κ1) is 18.3. The highest BCUT2D eigenvalue weighted by Gasteiger charge is 2.20. The van der Waals surface area contributed by atoms with Gasteiger partial charge in [-0.2, -0.15) is 0 Å². The third kappa shape index (κ3) is 4.69. The molecule has 1 amide bonds. The smallest absolute Gasteiger partial charge is 0.292 e. The fourth-order valence-electron chi connectivity index (χ4n) is 2.49. The van der Waals surface area contributed by atoms with Crippen molar-refractivity contribution in [1.29, 1.82) is 0 Å². The standard InChI is InChI=1S/C18H21N3O4/c1-4-20(16-9-8-13(2)10-17(16)21(23)24)12-18(22)19-14-6-5-7-15(11-14)25-3/h5-11H,4,12H2,1-3H3,(H,19,22). The molecule has 0 unspecified atom stereocenters. The van der Waals surface area contributed by atoms with Crippen LogP contribution in [0.3, 0.4) is 0 Å². The Morgan fingerprint density at radius 2 is 2.04 bits per heavy atom. The zero-order valence-corrected chi connectivity index (χ0v) is 14.5. The lowest BCUT2D eigenvalue weighted by molar-refractivity contribution is -0.384. The van der Waals surface area contributed by atoms with Gasteiger partial charge < -0.3 is 15.0 Å². The van der Waals surface area contributed by atoms with Gasteiger partial charge >= 0.3 is 0 Å². The number of likely N-dealkylation sites (N-methyl/N-ethyl adjacent to an activating group) is 1. The van der Waals surface area contributed by atoms with E-state index in [1.54, 1.807) is 55.3 Å². The molecule has 1 N–H and O–H groups in total. The van der Waals surface area contributed by atoms with Crippen molar-refractivity contribution in [2.24, 2.45) is 0 Å². The second kappa shape index (κ2) is 8.14. The van der Waals surface area contributed by atoms with Crippen molar-refractivity contribution in [3.63, 3.8) is 0 Å². The molecule has 132 valence electrons. The van der Waals surface area contributed by atoms with Crippen LogP contribution in [-0.4, -0.2) is 31.0 Å². The fourth-order valence-corrected chi connectivity index (χ4v) is 2.49. The second-order valence-corrected chi connectivity index (χ2v) is 5.54. The van der Waals surface area contributed by atoms with E-state index in [4.69, 9.17) is 4.74 Å². The van der Waals surface area contributed by atoms with Crippen molar-refractivity contribution < 1.29 is 14.5 Å². The lowest BCUT2D eigenvalue weighted by Gasteiger charge is -2.22. The van der Waals surface area contributed by atoms with Crippen LogP contribution in [0.5, 0.6) is 5.75 Å². The second-order valence-electron chi connectivity index (χ2n) is 5.54. The van der Waals surface area contributed by atoms with E-state index >= 15 is 0 Å². The minimum Gasteiger partial charge on any atom is -0.497 e. The molecule has 25 heavy (non-hydrogen) atoms. The van der Waals surface area contributed by atoms with Crippen molar-refractivity contribution in [2.75, 3.05) is 30.4 Å². The molecule has 2 aromatic carbocycles. The number of amides is 1. The maximum absolute atomic E-state index is 12.3. The van der Waals surface area contributed by atoms with E-state index in [-0.39, 0.29) is 18.1 Å². The number of benzene rings is 2. The lowest BCUT2D eigenvalue weighted by atomic mass is 10.1. The molecule has 2 rings (SSSR count). The molecule has 0 saturated heterocycles. The summed E-state index contributed by atoms with van der Waals surface area (Å²) in [6, 6.07) is 12.0. The highest BCUT2D eigenvalue weighted by atomic mass is 16.6. The van der Waals surface area contributed by atoms with E-state index in [0.717, 1.165) is 5.56 Å². The molecule has 0 bridgehead atoms. The third-order valence-electron chi connectivity index (χ3n) is 3.74. The van der Waals surface area contributed by atoms with Gasteiger partial charge in [0.05, 0.1) is 18.6 Å². The first-order valence-corrected chi connectivity index (χ1v) is 7.88. The number of nitrogens with zero attached hydrogens (tertiary/aromatic N) is 2. The highest BCUT2D eigenvalue weighted by Crippen LogP contribution is 2.29. The van der Waals surface area contributed by atoms with Crippen LogP contribution >= 0.6 is 0 Å². The van der Waals surface area contributed by atoms with E-state index in [1.807, 2.05) is 6.92 Å². The Balaban J connectivity index is 2.16. The predicted molar refractivity (Wildman–Crippen MR) is 97.3 cm³/mol. The van der Waals surface area contributed by atoms with Gasteiger partial charge in [0.25, 0.3) is 5.69 Å². The van der Waals surface area contributed by atoms with Gasteiger partial charge in [-0.1, -0.05) is 12.1 Å². The molecule has 0 aliphatic heterocycles. The number of aryl methyl sites for hydroxylation is 1. The Bertz CT molecular complexity index is 777. The van der Waals surface area contributed by atoms with Gasteiger partial charge in [-0.3, -0.25) is 14.9 Å². The number of anilines is 2. The van der Waals surface area contributed by atoms with Crippen molar-refractivity contribution >= 4 is 23.0 Å². The molecule has 0 heterocycles. The summed E-state index contributed by atoms with van der Waals surface area (Å²) >= 11 is 0. The lowest BCUT2D eigenvalue weighted by Crippen LogP contribution is -2.33. The molecule has 0 radical (unpaired) electrons. The molecular formula is C18H21N3O4. The quantitative estimate of drug-likeness (QED) is 0.615. The summed E-state index contributed by atoms with van der Waals surface area (Å²) in [6.45, 7) is 4.12. The van der Waals surface area contributed by atoms with Gasteiger partial charge in [0, 0.05) is 24.4 Å². The van der Waals surface area contributed by atoms with Crippen molar-refractivity contribution in [2.45, 2.75) is 13.8 Å². The normalized spacial score (nSPS) is 10.2. The summed E-state index contributed by atoms with van der Waals surface area (Å²) in [6.07, 6.45) is 0. The number of hydrogen-bond acceptors (Lipinski definition) is 5. The van der Waals surface area contributed by atoms with Gasteiger partial charge in [0.15, 0.2) is 0 Å². The van der Waals surface area contributed by atoms with Crippen molar-refractivity contribution in [3.8, 4) is 5.75 Å². The summed E-state index contributed by atoms with van der Waals surface area (Å²) in [5, 5.41) is 14.1. The van der Waals surface area contributed by atoms with Crippen LogP contribution in [0.1, 0.15) is 12.5 Å². The molecule has 0 saturated carbocycles. The maximum atomic E-state index is 12.3. The zero-order valence-electron chi connectivity index (χ0n) is 14.5. The number of methoxy groups -OCH3 is 1. The summed E-state index contributed by atoms with van der Waals surface area (Å²) in [5.41, 5.74) is 1.83. The number of rotatable bonds is 7. The molecule has 0 aliphatic rings. The van der Waals surface area contributed by atoms with Gasteiger partial charge in [-0.25, -0.2) is 0 Å². The molecule has 2 aromatic rings. The highest BCUT2D eigenvalue weighted by molar-refractivity contribution is 5.94. The third-order valence-corrected chi connectivity index (χ3v) is 3.74. The van der Waals surface area contributed by atoms with Crippen LogP contribution in [0.25, 0.3) is 0 Å². The average molecular weight is 343 g/mol. The molecule has 0 aliphatic carbocycles. The molecule has 7 heteroatoms. The van der Waals surface area contributed by atoms with E-state index in [1.165, 1.54) is 6.07 Å². The monoisotopic (exact) mass is 343 g/mol. The molecular weight excluding hydrogens is 322 g/mol. The number of hydrogen-bond donors (Lipinski definition) is 1. The van der Waals surface area contributed by atoms with E-state index in [2.05, 4.69) is 5.32 Å². The fraction of sp³-hybridized carbons (Fsp3) is 0.278. The summed E-state index contributed by atoms with van der Waals surface area (Å²) in [7, 11) is 1.55. The van der Waals surface area contributed by atoms with E-state index < -0.39 is 4.92 Å². The molecule has 0 fully saturated rings. The van der Waals surface area contributed by atoms with Crippen LogP contribution in [-0.2, 0) is 4.79 Å². The Kier molecular flexibility index (Phi) is 5.94. The average Bonchev–Trinajstić information content (AvgIpc) is 2.60. The largest absolute Gasteiger partial charge is 0.497 e. The minimum absolute atomic E-state index is 0.00368. The van der Waals surface area contributed by atoms with E-state index in [9.17, 15) is 14.9 Å². The van der Waals surface area contributed by atoms with Crippen molar-refractivity contribution in [3.05, 3.63) is 58.1 Å². The molecule has 0 aromatic heterocycles. The van der Waals surface area contributed by atoms with Crippen LogP contribution in [0, 0.1) is 17.0 Å². The Hall–Kier alpha value is -3.09. The van der Waals surface area contributed by atoms with Crippen LogP contribution < -0.4 is 15.0 Å². The first-order chi connectivity index (χ1) is 11.9. The maximum Gasteiger partial charge on any atom is 0.292 e. The van der Waals surface area contributed by atoms with Crippen LogP contribution in [0.4, 0.5) is 17.1 Å². The first-order valence-electron chi connectivity index (χ1n) is 7.88. The summed E-state index contributed by atoms with van der Waals surface area (Å²) in [4.78, 5) is 24.9. The van der Waals surface area contributed by atoms with Gasteiger partial charge in [-0.15, -0.1) is 0 Å². The molecule has 0 spiro atoms. The Morgan fingerprint density at radius 1 is 1.28 bits per heavy atom. The van der Waals surface area contributed by atoms with Gasteiger partial charge in [-0.05, 0) is 37.6 Å². The number of nitro groups is 1. The molecule has 7 nitrogen and oxygen atoms in total. The van der Waals surface area contributed by atoms with Crippen LogP contribution in [0.2, 0.25) is 0 Å². The Morgan fingerprint density at radius 3 is 2.68 bits per heavy atom. The summed E-state index contributed by atoms with van der Waals surface area (Å²) in [5.74, 6) is 0.379. The van der Waals surface area contributed by atoms with Gasteiger partial charge in [0.2, 0.25) is 5.91 Å². The predicted octanol–water partition coefficient (Wildman–Crippen LogP) is 3.38. The topological polar surface area (TPSA) is 84.7 Å². The number of carbonyl (C=O) groups excluding carboxylic acids is 1. The van der Waals surface area contributed by atoms with Gasteiger partial charge in [0.1, 0.15) is 11.4 Å². The number of carbonyl (C=O) groups is 1. The SMILES string of the molecule is CCN(CC(=O)Nc1cccc(OC)c1)c1ccc(C)cc1[N+](=O)[O-]. The van der Waals surface area contributed by atoms with E-state index in [0.29, 0.717) is 23.7 Å².